The summed E-state index contributed by atoms with van der Waals surface area (Å²) in [5.74, 6) is -1.41. The van der Waals surface area contributed by atoms with E-state index < -0.39 is 36.7 Å². The fourth-order valence-corrected chi connectivity index (χ4v) is 5.17. The second kappa shape index (κ2) is 14.9. The smallest absolute Gasteiger partial charge is 0.453 e. The van der Waals surface area contributed by atoms with Gasteiger partial charge in [-0.1, -0.05) is 30.3 Å². The molecule has 0 unspecified atom stereocenters. The predicted molar refractivity (Wildman–Crippen MR) is 151 cm³/mol. The summed E-state index contributed by atoms with van der Waals surface area (Å²) in [6.45, 7) is 6.47. The predicted octanol–water partition coefficient (Wildman–Crippen LogP) is 1.33. The Morgan fingerprint density at radius 3 is 2.41 bits per heavy atom. The van der Waals surface area contributed by atoms with Crippen LogP contribution in [0.1, 0.15) is 38.7 Å². The van der Waals surface area contributed by atoms with Crippen LogP contribution in [0.15, 0.2) is 42.0 Å². The molecule has 2 saturated heterocycles. The quantitative estimate of drug-likeness (QED) is 0.239. The molecule has 2 atom stereocenters. The van der Waals surface area contributed by atoms with E-state index in [1.54, 1.807) is 11.0 Å². The topological polar surface area (TPSA) is 156 Å². The van der Waals surface area contributed by atoms with E-state index in [1.807, 2.05) is 44.2 Å². The molecule has 1 aromatic carbocycles. The van der Waals surface area contributed by atoms with Gasteiger partial charge < -0.3 is 34.6 Å². The SMILES string of the molecule is COC(=O)N1CCN(C(C)(C)C=C(C#N)C(=O)N2CCCC[C@@H](OC(=O)N[C@@H](Cc3ccccc3)B(O)O)C2)CC1. The average Bonchev–Trinajstić information content (AvgIpc) is 3.20. The Bertz CT molecular complexity index is 1120. The number of carbonyl (C=O) groups excluding carboxylic acids is 3. The Labute approximate surface area is 241 Å². The van der Waals surface area contributed by atoms with Gasteiger partial charge in [0.05, 0.1) is 19.6 Å². The van der Waals surface area contributed by atoms with E-state index >= 15 is 0 Å². The number of benzene rings is 1. The summed E-state index contributed by atoms with van der Waals surface area (Å²) in [6.07, 6.45) is 2.01. The fraction of sp³-hybridized carbons (Fsp3) is 0.571. The van der Waals surface area contributed by atoms with E-state index in [-0.39, 0.29) is 24.6 Å². The molecule has 222 valence electrons. The standard InChI is InChI=1S/C28H40BN5O7/c1-28(2,34-15-13-32(14-16-34)27(37)40-3)18-22(19-30)25(35)33-12-8-7-11-23(20-33)41-26(36)31-24(29(38)39)17-21-9-5-4-6-10-21/h4-6,9-10,18,23-24,38-39H,7-8,11-17,20H2,1-3H3,(H,31,36)/t23-,24+/m1/s1. The van der Waals surface area contributed by atoms with Gasteiger partial charge in [0.2, 0.25) is 0 Å². The summed E-state index contributed by atoms with van der Waals surface area (Å²) < 4.78 is 10.4. The van der Waals surface area contributed by atoms with Crippen LogP contribution in [-0.4, -0.2) is 114 Å². The molecule has 3 rings (SSSR count). The molecule has 41 heavy (non-hydrogen) atoms. The number of amides is 3. The van der Waals surface area contributed by atoms with E-state index in [0.29, 0.717) is 45.6 Å². The third-order valence-electron chi connectivity index (χ3n) is 7.53. The molecular formula is C28H40BN5O7. The van der Waals surface area contributed by atoms with Crippen LogP contribution in [0.2, 0.25) is 0 Å². The van der Waals surface area contributed by atoms with Crippen LogP contribution in [0.3, 0.4) is 0 Å². The maximum atomic E-state index is 13.4. The van der Waals surface area contributed by atoms with Crippen LogP contribution >= 0.6 is 0 Å². The third kappa shape index (κ3) is 9.21. The minimum absolute atomic E-state index is 0.00169. The number of nitrogens with zero attached hydrogens (tertiary/aromatic N) is 4. The molecule has 0 radical (unpaired) electrons. The van der Waals surface area contributed by atoms with E-state index in [9.17, 15) is 29.7 Å². The lowest BCUT2D eigenvalue weighted by Crippen LogP contribution is -2.55. The number of hydrogen-bond donors (Lipinski definition) is 3. The number of carbonyl (C=O) groups is 3. The molecule has 1 aromatic rings. The Kier molecular flexibility index (Phi) is 11.6. The first-order chi connectivity index (χ1) is 19.5. The van der Waals surface area contributed by atoms with Gasteiger partial charge in [0.25, 0.3) is 5.91 Å². The van der Waals surface area contributed by atoms with Crippen molar-refractivity contribution in [3.63, 3.8) is 0 Å². The van der Waals surface area contributed by atoms with Crippen LogP contribution in [-0.2, 0) is 20.7 Å². The van der Waals surface area contributed by atoms with Crippen molar-refractivity contribution in [1.29, 1.82) is 5.26 Å². The molecule has 0 aliphatic carbocycles. The van der Waals surface area contributed by atoms with Gasteiger partial charge in [-0.3, -0.25) is 9.69 Å². The highest BCUT2D eigenvalue weighted by atomic mass is 16.6. The first kappa shape index (κ1) is 31.9. The van der Waals surface area contributed by atoms with Crippen molar-refractivity contribution in [2.75, 3.05) is 46.4 Å². The highest BCUT2D eigenvalue weighted by Gasteiger charge is 2.34. The maximum absolute atomic E-state index is 13.4. The Morgan fingerprint density at radius 1 is 1.12 bits per heavy atom. The number of rotatable bonds is 8. The van der Waals surface area contributed by atoms with E-state index in [1.165, 1.54) is 12.0 Å². The number of hydrogen-bond acceptors (Lipinski definition) is 9. The third-order valence-corrected chi connectivity index (χ3v) is 7.53. The van der Waals surface area contributed by atoms with Crippen LogP contribution in [0.4, 0.5) is 9.59 Å². The molecular weight excluding hydrogens is 529 g/mol. The number of nitriles is 1. The zero-order valence-electron chi connectivity index (χ0n) is 24.0. The fourth-order valence-electron chi connectivity index (χ4n) is 5.17. The lowest BCUT2D eigenvalue weighted by atomic mass is 9.76. The van der Waals surface area contributed by atoms with Gasteiger partial charge in [-0.2, -0.15) is 5.26 Å². The van der Waals surface area contributed by atoms with E-state index in [4.69, 9.17) is 9.47 Å². The van der Waals surface area contributed by atoms with Crippen LogP contribution in [0.5, 0.6) is 0 Å². The highest BCUT2D eigenvalue weighted by Crippen LogP contribution is 2.23. The van der Waals surface area contributed by atoms with Gasteiger partial charge >= 0.3 is 19.3 Å². The second-order valence-electron chi connectivity index (χ2n) is 10.9. The molecule has 0 saturated carbocycles. The van der Waals surface area contributed by atoms with Crippen LogP contribution in [0.25, 0.3) is 0 Å². The minimum Gasteiger partial charge on any atom is -0.453 e. The largest absolute Gasteiger partial charge is 0.475 e. The minimum atomic E-state index is -1.79. The molecule has 0 bridgehead atoms. The molecule has 2 heterocycles. The maximum Gasteiger partial charge on any atom is 0.475 e. The van der Waals surface area contributed by atoms with Crippen molar-refractivity contribution in [3.8, 4) is 6.07 Å². The number of alkyl carbamates (subject to hydrolysis) is 1. The summed E-state index contributed by atoms with van der Waals surface area (Å²) in [4.78, 5) is 43.2. The average molecular weight is 569 g/mol. The van der Waals surface area contributed by atoms with Gasteiger partial charge in [-0.25, -0.2) is 9.59 Å². The number of methoxy groups -OCH3 is 1. The van der Waals surface area contributed by atoms with Crippen molar-refractivity contribution in [3.05, 3.63) is 47.5 Å². The number of piperazine rings is 1. The molecule has 2 aliphatic heterocycles. The molecule has 3 amide bonds. The summed E-state index contributed by atoms with van der Waals surface area (Å²) in [5.41, 5.74) is 0.201. The highest BCUT2D eigenvalue weighted by molar-refractivity contribution is 6.43. The normalized spacial score (nSPS) is 19.4. The monoisotopic (exact) mass is 569 g/mol. The lowest BCUT2D eigenvalue weighted by Gasteiger charge is -2.42. The first-order valence-corrected chi connectivity index (χ1v) is 13.9. The summed E-state index contributed by atoms with van der Waals surface area (Å²) >= 11 is 0. The number of ether oxygens (including phenoxy) is 2. The van der Waals surface area contributed by atoms with Crippen LogP contribution < -0.4 is 5.32 Å². The van der Waals surface area contributed by atoms with E-state index in [0.717, 1.165) is 12.0 Å². The van der Waals surface area contributed by atoms with Crippen molar-refractivity contribution in [1.82, 2.24) is 20.0 Å². The molecule has 13 heteroatoms. The van der Waals surface area contributed by atoms with Crippen LogP contribution in [0, 0.1) is 11.3 Å². The summed E-state index contributed by atoms with van der Waals surface area (Å²) in [7, 11) is -0.440. The molecule has 0 spiro atoms. The van der Waals surface area contributed by atoms with Gasteiger partial charge in [-0.15, -0.1) is 0 Å². The van der Waals surface area contributed by atoms with Crippen molar-refractivity contribution in [2.24, 2.45) is 0 Å². The Morgan fingerprint density at radius 2 is 1.80 bits per heavy atom. The number of nitrogens with one attached hydrogen (secondary N) is 1. The lowest BCUT2D eigenvalue weighted by molar-refractivity contribution is -0.127. The number of likely N-dealkylation sites (tertiary alicyclic amines) is 1. The molecule has 0 aromatic heterocycles. The summed E-state index contributed by atoms with van der Waals surface area (Å²) in [5, 5.41) is 32.0. The van der Waals surface area contributed by atoms with Gasteiger partial charge in [0, 0.05) is 38.3 Å². The zero-order chi connectivity index (χ0) is 30.0. The van der Waals surface area contributed by atoms with Gasteiger partial charge in [0.15, 0.2) is 0 Å². The summed E-state index contributed by atoms with van der Waals surface area (Å²) in [6, 6.07) is 11.2. The van der Waals surface area contributed by atoms with Crippen molar-refractivity contribution >= 4 is 25.2 Å². The molecule has 12 nitrogen and oxygen atoms in total. The molecule has 2 aliphatic rings. The second-order valence-corrected chi connectivity index (χ2v) is 10.9. The van der Waals surface area contributed by atoms with Gasteiger partial charge in [-0.05, 0) is 51.2 Å². The molecule has 3 N–H and O–H groups in total. The van der Waals surface area contributed by atoms with Crippen molar-refractivity contribution in [2.45, 2.75) is 57.1 Å². The Hall–Kier alpha value is -3.60. The molecule has 2 fully saturated rings. The van der Waals surface area contributed by atoms with Crippen molar-refractivity contribution < 1.29 is 33.9 Å². The van der Waals surface area contributed by atoms with Gasteiger partial charge in [0.1, 0.15) is 17.7 Å². The Balaban J connectivity index is 1.62. The zero-order valence-corrected chi connectivity index (χ0v) is 24.0. The first-order valence-electron chi connectivity index (χ1n) is 13.9. The van der Waals surface area contributed by atoms with E-state index in [2.05, 4.69) is 16.3 Å².